The summed E-state index contributed by atoms with van der Waals surface area (Å²) in [6, 6.07) is 0. The monoisotopic (exact) mass is 155 g/mol. The summed E-state index contributed by atoms with van der Waals surface area (Å²) in [6.07, 6.45) is 4.03. The van der Waals surface area contributed by atoms with Crippen LogP contribution in [0.3, 0.4) is 0 Å². The van der Waals surface area contributed by atoms with E-state index in [1.807, 2.05) is 19.3 Å². The molecule has 0 aromatic carbocycles. The van der Waals surface area contributed by atoms with Crippen LogP contribution in [-0.2, 0) is 0 Å². The lowest BCUT2D eigenvalue weighted by Gasteiger charge is -1.95. The van der Waals surface area contributed by atoms with Crippen LogP contribution in [0.4, 0.5) is 0 Å². The van der Waals surface area contributed by atoms with Gasteiger partial charge in [-0.2, -0.15) is 0 Å². The van der Waals surface area contributed by atoms with E-state index in [4.69, 9.17) is 0 Å². The first-order valence-corrected chi connectivity index (χ1v) is 4.25. The second kappa shape index (κ2) is 5.30. The second-order valence-electron chi connectivity index (χ2n) is 2.04. The number of nitrogens with zero attached hydrogens (tertiary/aromatic N) is 1. The van der Waals surface area contributed by atoms with Gasteiger partial charge in [-0.15, -0.1) is 11.8 Å². The minimum Gasteiger partial charge on any atom is -0.297 e. The molecule has 10 heavy (non-hydrogen) atoms. The van der Waals surface area contributed by atoms with Gasteiger partial charge < -0.3 is 0 Å². The standard InChI is InChI=1S/C8H13NS/c1-7(6-9-3)5-8(2)10-4/h5H,2-3,6H2,1,4H3/b7-5+. The molecule has 0 atom stereocenters. The Hall–Kier alpha value is -0.500. The van der Waals surface area contributed by atoms with Gasteiger partial charge in [0.1, 0.15) is 0 Å². The fraction of sp³-hybridized carbons (Fsp3) is 0.375. The largest absolute Gasteiger partial charge is 0.297 e. The predicted molar refractivity (Wildman–Crippen MR) is 50.8 cm³/mol. The zero-order chi connectivity index (χ0) is 7.98. The van der Waals surface area contributed by atoms with Crippen LogP contribution in [0, 0.1) is 0 Å². The van der Waals surface area contributed by atoms with Crippen LogP contribution in [0.15, 0.2) is 28.1 Å². The molecule has 2 heteroatoms. The van der Waals surface area contributed by atoms with E-state index in [0.29, 0.717) is 6.54 Å². The lowest BCUT2D eigenvalue weighted by molar-refractivity contribution is 1.15. The zero-order valence-corrected chi connectivity index (χ0v) is 7.37. The minimum absolute atomic E-state index is 0.708. The highest BCUT2D eigenvalue weighted by Crippen LogP contribution is 2.11. The molecule has 0 saturated heterocycles. The van der Waals surface area contributed by atoms with Crippen molar-refractivity contribution in [2.75, 3.05) is 12.8 Å². The lowest BCUT2D eigenvalue weighted by atomic mass is 10.3. The minimum atomic E-state index is 0.708. The average molecular weight is 155 g/mol. The van der Waals surface area contributed by atoms with Crippen LogP contribution in [0.2, 0.25) is 0 Å². The first-order chi connectivity index (χ1) is 4.70. The first kappa shape index (κ1) is 9.50. The summed E-state index contributed by atoms with van der Waals surface area (Å²) >= 11 is 1.65. The fourth-order valence-corrected chi connectivity index (χ4v) is 0.875. The van der Waals surface area contributed by atoms with E-state index in [9.17, 15) is 0 Å². The molecule has 1 nitrogen and oxygen atoms in total. The van der Waals surface area contributed by atoms with Crippen LogP contribution in [0.25, 0.3) is 0 Å². The Morgan fingerprint density at radius 2 is 2.30 bits per heavy atom. The molecule has 0 N–H and O–H groups in total. The molecule has 0 aliphatic carbocycles. The number of aliphatic imine (C=N–C) groups is 1. The smallest absolute Gasteiger partial charge is 0.0593 e. The Kier molecular flexibility index (Phi) is 5.03. The maximum atomic E-state index is 3.82. The predicted octanol–water partition coefficient (Wildman–Crippen LogP) is 2.51. The van der Waals surface area contributed by atoms with Gasteiger partial charge in [-0.25, -0.2) is 0 Å². The van der Waals surface area contributed by atoms with E-state index in [1.54, 1.807) is 11.8 Å². The molecule has 0 radical (unpaired) electrons. The number of rotatable bonds is 4. The molecule has 0 bridgehead atoms. The van der Waals surface area contributed by atoms with Gasteiger partial charge in [-0.1, -0.05) is 12.2 Å². The third-order valence-corrected chi connectivity index (χ3v) is 1.67. The van der Waals surface area contributed by atoms with Crippen LogP contribution in [-0.4, -0.2) is 19.5 Å². The number of hydrogen-bond donors (Lipinski definition) is 0. The van der Waals surface area contributed by atoms with Crippen molar-refractivity contribution >= 4 is 18.5 Å². The van der Waals surface area contributed by atoms with E-state index in [-0.39, 0.29) is 0 Å². The van der Waals surface area contributed by atoms with E-state index in [2.05, 4.69) is 18.3 Å². The summed E-state index contributed by atoms with van der Waals surface area (Å²) in [7, 11) is 0. The van der Waals surface area contributed by atoms with E-state index in [0.717, 1.165) is 4.91 Å². The van der Waals surface area contributed by atoms with Gasteiger partial charge in [0.2, 0.25) is 0 Å². The van der Waals surface area contributed by atoms with E-state index in [1.165, 1.54) is 5.57 Å². The van der Waals surface area contributed by atoms with Crippen LogP contribution in [0.1, 0.15) is 6.92 Å². The number of hydrogen-bond acceptors (Lipinski definition) is 2. The summed E-state index contributed by atoms with van der Waals surface area (Å²) in [5, 5.41) is 0. The molecule has 0 aliphatic heterocycles. The highest BCUT2D eigenvalue weighted by atomic mass is 32.2. The summed E-state index contributed by atoms with van der Waals surface area (Å²) in [5.41, 5.74) is 1.20. The fourth-order valence-electron chi connectivity index (χ4n) is 0.556. The van der Waals surface area contributed by atoms with Gasteiger partial charge in [0.05, 0.1) is 6.54 Å². The molecule has 0 aliphatic rings. The molecule has 0 unspecified atom stereocenters. The summed E-state index contributed by atoms with van der Waals surface area (Å²) in [5.74, 6) is 0. The Balaban J connectivity index is 3.88. The third kappa shape index (κ3) is 4.39. The van der Waals surface area contributed by atoms with Gasteiger partial charge in [-0.3, -0.25) is 4.99 Å². The molecule has 56 valence electrons. The molecule has 0 fully saturated rings. The van der Waals surface area contributed by atoms with Gasteiger partial charge in [0.25, 0.3) is 0 Å². The van der Waals surface area contributed by atoms with Crippen molar-refractivity contribution in [3.8, 4) is 0 Å². The van der Waals surface area contributed by atoms with Gasteiger partial charge in [-0.05, 0) is 30.9 Å². The normalized spacial score (nSPS) is 11.2. The Labute approximate surface area is 66.9 Å². The Morgan fingerprint density at radius 1 is 1.70 bits per heavy atom. The topological polar surface area (TPSA) is 12.4 Å². The molecular weight excluding hydrogens is 142 g/mol. The van der Waals surface area contributed by atoms with Gasteiger partial charge in [0.15, 0.2) is 0 Å². The maximum absolute atomic E-state index is 3.82. The maximum Gasteiger partial charge on any atom is 0.0593 e. The highest BCUT2D eigenvalue weighted by molar-refractivity contribution is 8.02. The molecule has 0 spiro atoms. The Bertz CT molecular complexity index is 159. The number of thioether (sulfide) groups is 1. The quantitative estimate of drug-likeness (QED) is 0.449. The SMILES string of the molecule is C=NC/C(C)=C/C(=C)SC. The zero-order valence-electron chi connectivity index (χ0n) is 6.55. The van der Waals surface area contributed by atoms with E-state index < -0.39 is 0 Å². The van der Waals surface area contributed by atoms with Gasteiger partial charge >= 0.3 is 0 Å². The van der Waals surface area contributed by atoms with Gasteiger partial charge in [0, 0.05) is 0 Å². The van der Waals surface area contributed by atoms with E-state index >= 15 is 0 Å². The lowest BCUT2D eigenvalue weighted by Crippen LogP contribution is -1.81. The summed E-state index contributed by atoms with van der Waals surface area (Å²) in [6.45, 7) is 9.96. The molecule has 0 rings (SSSR count). The Morgan fingerprint density at radius 3 is 2.70 bits per heavy atom. The molecular formula is C8H13NS. The van der Waals surface area contributed by atoms with Crippen molar-refractivity contribution in [3.63, 3.8) is 0 Å². The van der Waals surface area contributed by atoms with Crippen molar-refractivity contribution in [2.24, 2.45) is 4.99 Å². The molecule has 0 heterocycles. The molecule has 0 saturated carbocycles. The molecule has 0 amide bonds. The van der Waals surface area contributed by atoms with Crippen molar-refractivity contribution in [1.29, 1.82) is 0 Å². The molecule has 0 aromatic rings. The highest BCUT2D eigenvalue weighted by Gasteiger charge is 1.87. The third-order valence-electron chi connectivity index (χ3n) is 1.03. The summed E-state index contributed by atoms with van der Waals surface area (Å²) < 4.78 is 0. The van der Waals surface area contributed by atoms with Crippen LogP contribution in [0.5, 0.6) is 0 Å². The van der Waals surface area contributed by atoms with Crippen molar-refractivity contribution < 1.29 is 0 Å². The first-order valence-electron chi connectivity index (χ1n) is 3.03. The van der Waals surface area contributed by atoms with Crippen LogP contribution < -0.4 is 0 Å². The second-order valence-corrected chi connectivity index (χ2v) is 2.98. The summed E-state index contributed by atoms with van der Waals surface area (Å²) in [4.78, 5) is 4.82. The van der Waals surface area contributed by atoms with Crippen molar-refractivity contribution in [3.05, 3.63) is 23.1 Å². The van der Waals surface area contributed by atoms with Crippen molar-refractivity contribution in [2.45, 2.75) is 6.92 Å². The number of allylic oxidation sites excluding steroid dienone is 1. The average Bonchev–Trinajstić information content (AvgIpc) is 1.88. The van der Waals surface area contributed by atoms with Crippen LogP contribution >= 0.6 is 11.8 Å². The van der Waals surface area contributed by atoms with Crippen molar-refractivity contribution in [1.82, 2.24) is 0 Å². The molecule has 0 aromatic heterocycles.